The minimum atomic E-state index is -0.993. The van der Waals surface area contributed by atoms with Crippen LogP contribution in [0.25, 0.3) is 0 Å². The van der Waals surface area contributed by atoms with E-state index < -0.39 is 8.07 Å². The molecule has 0 bridgehead atoms. The van der Waals surface area contributed by atoms with Gasteiger partial charge in [0.1, 0.15) is 5.82 Å². The number of aromatic nitrogens is 1. The number of hydrogen-bond donors (Lipinski definition) is 1. The van der Waals surface area contributed by atoms with Crippen LogP contribution >= 0.6 is 0 Å². The Morgan fingerprint density at radius 1 is 1.05 bits per heavy atom. The van der Waals surface area contributed by atoms with Gasteiger partial charge in [0.05, 0.1) is 5.69 Å². The van der Waals surface area contributed by atoms with E-state index in [4.69, 9.17) is 0 Å². The molecule has 2 aromatic rings. The van der Waals surface area contributed by atoms with Gasteiger partial charge < -0.3 is 5.32 Å². The molecule has 1 aromatic heterocycles. The number of halogens is 1. The van der Waals surface area contributed by atoms with Gasteiger partial charge in [-0.3, -0.25) is 4.98 Å². The molecule has 118 valence electrons. The maximum atomic E-state index is 13.5. The van der Waals surface area contributed by atoms with Gasteiger partial charge in [0.15, 0.2) is 0 Å². The van der Waals surface area contributed by atoms with E-state index in [1.54, 1.807) is 12.1 Å². The number of benzene rings is 1. The quantitative estimate of drug-likeness (QED) is 0.766. The Kier molecular flexibility index (Phi) is 5.86. The van der Waals surface area contributed by atoms with Gasteiger partial charge in [0.2, 0.25) is 0 Å². The molecule has 0 amide bonds. The molecule has 4 heteroatoms. The predicted octanol–water partition coefficient (Wildman–Crippen LogP) is 4.39. The Balaban J connectivity index is 1.80. The second-order valence-corrected chi connectivity index (χ2v) is 12.5. The molecule has 0 unspecified atom stereocenters. The van der Waals surface area contributed by atoms with Crippen LogP contribution in [0.15, 0.2) is 42.6 Å². The van der Waals surface area contributed by atoms with Gasteiger partial charge in [-0.25, -0.2) is 4.39 Å². The lowest BCUT2D eigenvalue weighted by molar-refractivity contribution is 0.586. The molecule has 0 aliphatic rings. The molecule has 0 radical (unpaired) electrons. The summed E-state index contributed by atoms with van der Waals surface area (Å²) in [5.74, 6) is -0.162. The SMILES string of the molecule is C[Si](C)(C)CCc1ccc(CNCc2ccccc2F)nc1. The summed E-state index contributed by atoms with van der Waals surface area (Å²) in [4.78, 5) is 4.49. The van der Waals surface area contributed by atoms with E-state index in [0.29, 0.717) is 18.7 Å². The molecule has 0 aliphatic heterocycles. The topological polar surface area (TPSA) is 24.9 Å². The summed E-state index contributed by atoms with van der Waals surface area (Å²) in [5.41, 5.74) is 2.99. The summed E-state index contributed by atoms with van der Waals surface area (Å²) in [7, 11) is -0.993. The van der Waals surface area contributed by atoms with E-state index in [1.165, 1.54) is 17.7 Å². The standard InChI is InChI=1S/C18H25FN2Si/c1-22(2,3)11-10-15-8-9-17(21-12-15)14-20-13-16-6-4-5-7-18(16)19/h4-9,12,20H,10-11,13-14H2,1-3H3. The first-order valence-corrected chi connectivity index (χ1v) is 11.5. The summed E-state index contributed by atoms with van der Waals surface area (Å²) < 4.78 is 13.5. The van der Waals surface area contributed by atoms with Crippen molar-refractivity contribution in [1.82, 2.24) is 10.3 Å². The first-order valence-electron chi connectivity index (χ1n) is 7.82. The number of aryl methyl sites for hydroxylation is 1. The summed E-state index contributed by atoms with van der Waals surface area (Å²) in [6.07, 6.45) is 3.09. The summed E-state index contributed by atoms with van der Waals surface area (Å²) >= 11 is 0. The Labute approximate surface area is 133 Å². The number of rotatable bonds is 7. The smallest absolute Gasteiger partial charge is 0.127 e. The van der Waals surface area contributed by atoms with Crippen LogP contribution in [0, 0.1) is 5.82 Å². The Morgan fingerprint density at radius 3 is 2.45 bits per heavy atom. The maximum Gasteiger partial charge on any atom is 0.127 e. The lowest BCUT2D eigenvalue weighted by atomic mass is 10.2. The highest BCUT2D eigenvalue weighted by atomic mass is 28.3. The number of nitrogens with one attached hydrogen (secondary N) is 1. The zero-order valence-electron chi connectivity index (χ0n) is 13.7. The molecule has 0 aliphatic carbocycles. The monoisotopic (exact) mass is 316 g/mol. The second kappa shape index (κ2) is 7.65. The van der Waals surface area contributed by atoms with E-state index in [2.05, 4.69) is 42.1 Å². The van der Waals surface area contributed by atoms with Crippen molar-refractivity contribution >= 4 is 8.07 Å². The Morgan fingerprint density at radius 2 is 1.82 bits per heavy atom. The van der Waals surface area contributed by atoms with Crippen molar-refractivity contribution in [2.24, 2.45) is 0 Å². The summed E-state index contributed by atoms with van der Waals surface area (Å²) in [5, 5.41) is 3.24. The normalized spacial score (nSPS) is 11.6. The van der Waals surface area contributed by atoms with Crippen molar-refractivity contribution in [2.75, 3.05) is 0 Å². The second-order valence-electron chi connectivity index (χ2n) is 6.91. The summed E-state index contributed by atoms with van der Waals surface area (Å²) in [6.45, 7) is 8.35. The molecule has 0 saturated carbocycles. The minimum Gasteiger partial charge on any atom is -0.307 e. The van der Waals surface area contributed by atoms with Gasteiger partial charge in [0, 0.05) is 32.9 Å². The van der Waals surface area contributed by atoms with E-state index >= 15 is 0 Å². The van der Waals surface area contributed by atoms with E-state index in [-0.39, 0.29) is 5.82 Å². The largest absolute Gasteiger partial charge is 0.307 e. The molecule has 0 saturated heterocycles. The van der Waals surface area contributed by atoms with Crippen LogP contribution in [0.2, 0.25) is 25.7 Å². The van der Waals surface area contributed by atoms with E-state index in [9.17, 15) is 4.39 Å². The molecule has 1 heterocycles. The van der Waals surface area contributed by atoms with Gasteiger partial charge in [-0.15, -0.1) is 0 Å². The molecule has 1 N–H and O–H groups in total. The average molecular weight is 316 g/mol. The van der Waals surface area contributed by atoms with Crippen molar-refractivity contribution in [3.63, 3.8) is 0 Å². The van der Waals surface area contributed by atoms with Crippen LogP contribution < -0.4 is 5.32 Å². The zero-order valence-corrected chi connectivity index (χ0v) is 14.7. The molecule has 0 atom stereocenters. The van der Waals surface area contributed by atoms with Crippen LogP contribution in [-0.4, -0.2) is 13.1 Å². The first-order chi connectivity index (χ1) is 10.4. The molecule has 22 heavy (non-hydrogen) atoms. The van der Waals surface area contributed by atoms with Crippen LogP contribution in [0.5, 0.6) is 0 Å². The molecule has 1 aromatic carbocycles. The minimum absolute atomic E-state index is 0.162. The molecular weight excluding hydrogens is 291 g/mol. The number of pyridine rings is 1. The van der Waals surface area contributed by atoms with Gasteiger partial charge in [0.25, 0.3) is 0 Å². The van der Waals surface area contributed by atoms with Gasteiger partial charge in [-0.1, -0.05) is 50.0 Å². The average Bonchev–Trinajstić information content (AvgIpc) is 2.48. The lowest BCUT2D eigenvalue weighted by Crippen LogP contribution is -2.20. The highest BCUT2D eigenvalue weighted by Gasteiger charge is 2.12. The van der Waals surface area contributed by atoms with Crippen LogP contribution in [0.3, 0.4) is 0 Å². The van der Waals surface area contributed by atoms with Gasteiger partial charge in [-0.05, 0) is 24.1 Å². The first kappa shape index (κ1) is 16.8. The van der Waals surface area contributed by atoms with Crippen LogP contribution in [0.4, 0.5) is 4.39 Å². The van der Waals surface area contributed by atoms with Gasteiger partial charge in [-0.2, -0.15) is 0 Å². The number of hydrogen-bond acceptors (Lipinski definition) is 2. The van der Waals surface area contributed by atoms with Crippen molar-refractivity contribution in [1.29, 1.82) is 0 Å². The molecule has 0 spiro atoms. The fraction of sp³-hybridized carbons (Fsp3) is 0.389. The highest BCUT2D eigenvalue weighted by Crippen LogP contribution is 2.13. The Bertz CT molecular complexity index is 591. The zero-order chi connectivity index (χ0) is 16.0. The predicted molar refractivity (Wildman–Crippen MR) is 93.0 cm³/mol. The van der Waals surface area contributed by atoms with Crippen molar-refractivity contribution in [3.8, 4) is 0 Å². The highest BCUT2D eigenvalue weighted by molar-refractivity contribution is 6.76. The number of nitrogens with zero attached hydrogens (tertiary/aromatic N) is 1. The summed E-state index contributed by atoms with van der Waals surface area (Å²) in [6, 6.07) is 12.4. The van der Waals surface area contributed by atoms with Crippen molar-refractivity contribution < 1.29 is 4.39 Å². The molecule has 0 fully saturated rings. The van der Waals surface area contributed by atoms with Crippen LogP contribution in [-0.2, 0) is 19.5 Å². The molecule has 2 rings (SSSR count). The van der Waals surface area contributed by atoms with E-state index in [0.717, 1.165) is 12.1 Å². The third-order valence-corrected chi connectivity index (χ3v) is 5.38. The van der Waals surface area contributed by atoms with Gasteiger partial charge >= 0.3 is 0 Å². The maximum absolute atomic E-state index is 13.5. The molecule has 2 nitrogen and oxygen atoms in total. The fourth-order valence-electron chi connectivity index (χ4n) is 2.19. The van der Waals surface area contributed by atoms with Crippen molar-refractivity contribution in [3.05, 3.63) is 65.2 Å². The van der Waals surface area contributed by atoms with Crippen LogP contribution in [0.1, 0.15) is 16.8 Å². The van der Waals surface area contributed by atoms with Crippen molar-refractivity contribution in [2.45, 2.75) is 45.2 Å². The molecular formula is C18H25FN2Si. The lowest BCUT2D eigenvalue weighted by Gasteiger charge is -2.15. The third kappa shape index (κ3) is 5.70. The van der Waals surface area contributed by atoms with E-state index in [1.807, 2.05) is 12.3 Å². The fourth-order valence-corrected chi connectivity index (χ4v) is 3.23. The third-order valence-electron chi connectivity index (χ3n) is 3.63. The Hall–Kier alpha value is -1.52.